The Hall–Kier alpha value is -3.23. The molecule has 3 heteroatoms. The van der Waals surface area contributed by atoms with E-state index in [0.29, 0.717) is 11.8 Å². The second-order valence-corrected chi connectivity index (χ2v) is 11.4. The summed E-state index contributed by atoms with van der Waals surface area (Å²) < 4.78 is 0. The second kappa shape index (κ2) is 26.0. The van der Waals surface area contributed by atoms with Gasteiger partial charge in [0.05, 0.1) is 22.4 Å². The first-order chi connectivity index (χ1) is 21.5. The van der Waals surface area contributed by atoms with E-state index >= 15 is 0 Å². The van der Waals surface area contributed by atoms with Gasteiger partial charge in [-0.25, -0.2) is 9.97 Å². The maximum atomic E-state index is 6.04. The highest BCUT2D eigenvalue weighted by atomic mass is 35.5. The lowest BCUT2D eigenvalue weighted by Gasteiger charge is -2.13. The van der Waals surface area contributed by atoms with E-state index in [9.17, 15) is 0 Å². The molecule has 0 saturated carbocycles. The van der Waals surface area contributed by atoms with Crippen LogP contribution in [-0.4, -0.2) is 9.97 Å². The Morgan fingerprint density at radius 2 is 1.18 bits per heavy atom. The highest BCUT2D eigenvalue weighted by Gasteiger charge is 2.12. The van der Waals surface area contributed by atoms with Crippen LogP contribution in [0.2, 0.25) is 5.02 Å². The molecule has 0 spiro atoms. The molecule has 0 amide bonds. The molecule has 0 saturated heterocycles. The number of allylic oxidation sites excluding steroid dienone is 2. The number of halogens is 1. The van der Waals surface area contributed by atoms with Gasteiger partial charge in [0.2, 0.25) is 0 Å². The molecule has 1 atom stereocenters. The van der Waals surface area contributed by atoms with Crippen LogP contribution < -0.4 is 0 Å². The fourth-order valence-electron chi connectivity index (χ4n) is 3.82. The van der Waals surface area contributed by atoms with Crippen molar-refractivity contribution in [1.82, 2.24) is 9.97 Å². The summed E-state index contributed by atoms with van der Waals surface area (Å²) in [6.07, 6.45) is 3.10. The number of nitrogens with zero attached hydrogens (tertiary/aromatic N) is 2. The molecule has 1 aromatic heterocycles. The average molecular weight is 631 g/mol. The quantitative estimate of drug-likeness (QED) is 0.190. The molecule has 2 nitrogen and oxygen atoms in total. The summed E-state index contributed by atoms with van der Waals surface area (Å²) in [5.41, 5.74) is 10.1. The molecule has 0 aliphatic carbocycles. The first-order valence-corrected chi connectivity index (χ1v) is 17.2. The summed E-state index contributed by atoms with van der Waals surface area (Å²) in [4.78, 5) is 9.78. The topological polar surface area (TPSA) is 25.8 Å². The number of aryl methyl sites for hydroxylation is 2. The average Bonchev–Trinajstić information content (AvgIpc) is 3.04. The van der Waals surface area contributed by atoms with Crippen LogP contribution in [0.4, 0.5) is 0 Å². The van der Waals surface area contributed by atoms with Gasteiger partial charge in [0.25, 0.3) is 0 Å². The maximum absolute atomic E-state index is 6.04. The minimum atomic E-state index is 0.535. The van der Waals surface area contributed by atoms with Crippen LogP contribution in [0, 0.1) is 12.8 Å². The van der Waals surface area contributed by atoms with Crippen molar-refractivity contribution >= 4 is 22.6 Å². The molecule has 248 valence electrons. The van der Waals surface area contributed by atoms with Crippen molar-refractivity contribution in [3.63, 3.8) is 0 Å². The number of hydrogen-bond donors (Lipinski definition) is 0. The van der Waals surface area contributed by atoms with E-state index in [2.05, 4.69) is 72.0 Å². The summed E-state index contributed by atoms with van der Waals surface area (Å²) in [5.74, 6) is 1.19. The van der Waals surface area contributed by atoms with Gasteiger partial charge in [-0.2, -0.15) is 0 Å². The molecule has 0 N–H and O–H groups in total. The Kier molecular flexibility index (Phi) is 25.4. The zero-order chi connectivity index (χ0) is 34.9. The first-order valence-electron chi connectivity index (χ1n) is 16.8. The lowest BCUT2D eigenvalue weighted by molar-refractivity contribution is 0.577. The normalized spacial score (nSPS) is 10.1. The fraction of sp³-hybridized carbons (Fsp3) is 0.429. The zero-order valence-electron chi connectivity index (χ0n) is 30.9. The minimum absolute atomic E-state index is 0.535. The van der Waals surface area contributed by atoms with Crippen molar-refractivity contribution in [1.29, 1.82) is 0 Å². The summed E-state index contributed by atoms with van der Waals surface area (Å²) in [7, 11) is 0. The molecule has 4 aromatic rings. The van der Waals surface area contributed by atoms with E-state index in [1.807, 2.05) is 104 Å². The third-order valence-electron chi connectivity index (χ3n) is 6.40. The predicted molar refractivity (Wildman–Crippen MR) is 207 cm³/mol. The monoisotopic (exact) mass is 630 g/mol. The van der Waals surface area contributed by atoms with Crippen molar-refractivity contribution in [3.8, 4) is 11.3 Å². The molecular formula is C42H63ClN2. The smallest absolute Gasteiger partial charge is 0.0925 e. The molecule has 45 heavy (non-hydrogen) atoms. The molecule has 4 rings (SSSR count). The van der Waals surface area contributed by atoms with Crippen molar-refractivity contribution < 1.29 is 0 Å². The Morgan fingerprint density at radius 1 is 0.711 bits per heavy atom. The summed E-state index contributed by atoms with van der Waals surface area (Å²) >= 11 is 6.04. The fourth-order valence-corrected chi connectivity index (χ4v) is 3.95. The number of rotatable bonds is 7. The van der Waals surface area contributed by atoms with Gasteiger partial charge in [-0.05, 0) is 88.6 Å². The number of hydrogen-bond acceptors (Lipinski definition) is 2. The third kappa shape index (κ3) is 18.4. The van der Waals surface area contributed by atoms with Crippen LogP contribution in [0.5, 0.6) is 0 Å². The first kappa shape index (κ1) is 43.9. The number of fused-ring (bicyclic) bond motifs is 1. The second-order valence-electron chi connectivity index (χ2n) is 10.9. The van der Waals surface area contributed by atoms with E-state index in [-0.39, 0.29) is 0 Å². The number of aromatic nitrogens is 2. The van der Waals surface area contributed by atoms with Crippen molar-refractivity contribution in [2.75, 3.05) is 0 Å². The molecule has 0 bridgehead atoms. The van der Waals surface area contributed by atoms with Gasteiger partial charge in [-0.15, -0.1) is 6.58 Å². The van der Waals surface area contributed by atoms with Gasteiger partial charge in [0.1, 0.15) is 0 Å². The van der Waals surface area contributed by atoms with Gasteiger partial charge < -0.3 is 0 Å². The van der Waals surface area contributed by atoms with Gasteiger partial charge in [0, 0.05) is 10.6 Å². The molecule has 0 aliphatic heterocycles. The summed E-state index contributed by atoms with van der Waals surface area (Å²) in [5, 5.41) is 0.731. The summed E-state index contributed by atoms with van der Waals surface area (Å²) in [6.45, 7) is 34.4. The van der Waals surface area contributed by atoms with Gasteiger partial charge in [0.15, 0.2) is 0 Å². The van der Waals surface area contributed by atoms with Crippen molar-refractivity contribution in [2.24, 2.45) is 5.92 Å². The van der Waals surface area contributed by atoms with E-state index < -0.39 is 0 Å². The van der Waals surface area contributed by atoms with Gasteiger partial charge >= 0.3 is 0 Å². The van der Waals surface area contributed by atoms with E-state index in [4.69, 9.17) is 21.6 Å². The molecule has 1 heterocycles. The highest BCUT2D eigenvalue weighted by Crippen LogP contribution is 2.27. The molecule has 1 unspecified atom stereocenters. The number of benzene rings is 3. The SMILES string of the molecule is C=C(C)C.C=C(C)C(C)CCCc1nc2ccccc2nc1-c1ccc(Cl)cc1.CC.CC.CC.Cc1ccc(C(C)C)cc1. The van der Waals surface area contributed by atoms with Crippen molar-refractivity contribution in [3.05, 3.63) is 119 Å². The lowest BCUT2D eigenvalue weighted by atomic mass is 9.96. The third-order valence-corrected chi connectivity index (χ3v) is 6.65. The molecule has 0 fully saturated rings. The van der Waals surface area contributed by atoms with Crippen molar-refractivity contribution in [2.45, 2.75) is 115 Å². The Labute approximate surface area is 283 Å². The number of para-hydroxylation sites is 2. The van der Waals surface area contributed by atoms with Crippen LogP contribution in [-0.2, 0) is 6.42 Å². The van der Waals surface area contributed by atoms with Crippen LogP contribution in [0.3, 0.4) is 0 Å². The predicted octanol–water partition coefficient (Wildman–Crippen LogP) is 14.3. The lowest BCUT2D eigenvalue weighted by Crippen LogP contribution is -2.02. The van der Waals surface area contributed by atoms with Crippen LogP contribution in [0.15, 0.2) is 97.1 Å². The molecule has 0 radical (unpaired) electrons. The standard InChI is InChI=1S/C22H23ClN2.C10H14.C4H8.3C2H6/c1-15(2)16(3)7-6-10-21-22(17-11-13-18(23)14-12-17)25-20-9-5-4-8-19(20)24-21;1-8(2)10-6-4-9(3)5-7-10;1-4(2)3;3*1-2/h4-5,8-9,11-14,16H,1,6-7,10H2,2-3H3;4-8H,1-3H3;1H2,2-3H3;3*1-2H3. The molecular weight excluding hydrogens is 568 g/mol. The van der Waals surface area contributed by atoms with E-state index in [0.717, 1.165) is 52.3 Å². The molecule has 3 aromatic carbocycles. The Balaban J connectivity index is 0. The Morgan fingerprint density at radius 3 is 1.62 bits per heavy atom. The van der Waals surface area contributed by atoms with Crippen LogP contribution in [0.25, 0.3) is 22.3 Å². The summed E-state index contributed by atoms with van der Waals surface area (Å²) in [6, 6.07) is 24.6. The molecule has 0 aliphatic rings. The maximum Gasteiger partial charge on any atom is 0.0925 e. The largest absolute Gasteiger partial charge is 0.249 e. The zero-order valence-corrected chi connectivity index (χ0v) is 31.6. The highest BCUT2D eigenvalue weighted by molar-refractivity contribution is 6.30. The van der Waals surface area contributed by atoms with Gasteiger partial charge in [-0.3, -0.25) is 0 Å². The van der Waals surface area contributed by atoms with E-state index in [1.54, 1.807) is 0 Å². The van der Waals surface area contributed by atoms with Crippen LogP contribution in [0.1, 0.15) is 119 Å². The van der Waals surface area contributed by atoms with Gasteiger partial charge in [-0.1, -0.05) is 146 Å². The minimum Gasteiger partial charge on any atom is -0.249 e. The Bertz CT molecular complexity index is 1330. The van der Waals surface area contributed by atoms with E-state index in [1.165, 1.54) is 22.3 Å². The van der Waals surface area contributed by atoms with Crippen LogP contribution >= 0.6 is 11.6 Å².